The molecule has 0 spiro atoms. The second kappa shape index (κ2) is 5.25. The molecule has 1 N–H and O–H groups in total. The molecule has 1 amide bonds. The van der Waals surface area contributed by atoms with Crippen molar-refractivity contribution in [2.75, 3.05) is 0 Å². The summed E-state index contributed by atoms with van der Waals surface area (Å²) in [4.78, 5) is 11.8. The highest BCUT2D eigenvalue weighted by Gasteiger charge is 2.07. The lowest BCUT2D eigenvalue weighted by atomic mass is 10.2. The van der Waals surface area contributed by atoms with Crippen LogP contribution < -0.4 is 5.32 Å². The summed E-state index contributed by atoms with van der Waals surface area (Å²) in [6, 6.07) is 6.54. The van der Waals surface area contributed by atoms with E-state index in [0.29, 0.717) is 22.2 Å². The Bertz CT molecular complexity index is 523. The molecule has 0 bridgehead atoms. The summed E-state index contributed by atoms with van der Waals surface area (Å²) >= 11 is 11.6. The van der Waals surface area contributed by atoms with E-state index in [4.69, 9.17) is 27.6 Å². The van der Waals surface area contributed by atoms with Crippen LogP contribution in [0, 0.1) is 0 Å². The van der Waals surface area contributed by atoms with Gasteiger partial charge in [-0.1, -0.05) is 23.2 Å². The Labute approximate surface area is 108 Å². The number of carbonyl (C=O) groups is 1. The van der Waals surface area contributed by atoms with Gasteiger partial charge in [-0.25, -0.2) is 0 Å². The van der Waals surface area contributed by atoms with Gasteiger partial charge in [-0.05, 0) is 24.3 Å². The molecule has 2 rings (SSSR count). The van der Waals surface area contributed by atoms with Crippen molar-refractivity contribution in [2.45, 2.75) is 6.54 Å². The Balaban J connectivity index is 2.02. The first kappa shape index (κ1) is 12.0. The summed E-state index contributed by atoms with van der Waals surface area (Å²) in [5.74, 6) is -0.204. The molecular weight excluding hydrogens is 261 g/mol. The molecule has 1 aromatic carbocycles. The van der Waals surface area contributed by atoms with E-state index in [9.17, 15) is 4.79 Å². The molecule has 0 aliphatic rings. The monoisotopic (exact) mass is 269 g/mol. The third kappa shape index (κ3) is 3.02. The molecule has 88 valence electrons. The Kier molecular flexibility index (Phi) is 3.71. The van der Waals surface area contributed by atoms with Crippen molar-refractivity contribution in [1.29, 1.82) is 0 Å². The van der Waals surface area contributed by atoms with Crippen molar-refractivity contribution in [3.63, 3.8) is 0 Å². The molecule has 3 nitrogen and oxygen atoms in total. The third-order valence-electron chi connectivity index (χ3n) is 2.21. The van der Waals surface area contributed by atoms with Crippen LogP contribution in [0.5, 0.6) is 0 Å². The summed E-state index contributed by atoms with van der Waals surface area (Å²) in [6.45, 7) is 0.412. The zero-order chi connectivity index (χ0) is 12.3. The van der Waals surface area contributed by atoms with Gasteiger partial charge in [0.1, 0.15) is 0 Å². The van der Waals surface area contributed by atoms with Gasteiger partial charge in [0.15, 0.2) is 0 Å². The average molecular weight is 270 g/mol. The van der Waals surface area contributed by atoms with Crippen molar-refractivity contribution >= 4 is 29.1 Å². The van der Waals surface area contributed by atoms with Gasteiger partial charge in [-0.2, -0.15) is 0 Å². The average Bonchev–Trinajstić information content (AvgIpc) is 2.82. The second-order valence-corrected chi connectivity index (χ2v) is 4.26. The Morgan fingerprint density at radius 2 is 2.06 bits per heavy atom. The first-order valence-electron chi connectivity index (χ1n) is 4.91. The fourth-order valence-electron chi connectivity index (χ4n) is 1.32. The predicted octanol–water partition coefficient (Wildman–Crippen LogP) is 3.52. The maximum absolute atomic E-state index is 11.8. The van der Waals surface area contributed by atoms with Crippen LogP contribution in [0.15, 0.2) is 41.2 Å². The molecule has 0 unspecified atom stereocenters. The molecule has 5 heteroatoms. The number of nitrogens with one attached hydrogen (secondary N) is 1. The van der Waals surface area contributed by atoms with E-state index in [0.717, 1.165) is 5.56 Å². The lowest BCUT2D eigenvalue weighted by molar-refractivity contribution is 0.0951. The standard InChI is InChI=1S/C12H9Cl2NO2/c13-10-2-1-9(5-11(10)14)12(16)15-6-8-3-4-17-7-8/h1-5,7H,6H2,(H,15,16). The number of hydrogen-bond acceptors (Lipinski definition) is 2. The first-order valence-corrected chi connectivity index (χ1v) is 5.67. The fraction of sp³-hybridized carbons (Fsp3) is 0.0833. The molecule has 0 aliphatic carbocycles. The summed E-state index contributed by atoms with van der Waals surface area (Å²) < 4.78 is 4.90. The summed E-state index contributed by atoms with van der Waals surface area (Å²) in [5, 5.41) is 3.54. The number of hydrogen-bond donors (Lipinski definition) is 1. The predicted molar refractivity (Wildman–Crippen MR) is 66.3 cm³/mol. The maximum Gasteiger partial charge on any atom is 0.251 e. The van der Waals surface area contributed by atoms with Crippen LogP contribution in [0.3, 0.4) is 0 Å². The second-order valence-electron chi connectivity index (χ2n) is 3.44. The molecule has 0 fully saturated rings. The van der Waals surface area contributed by atoms with Crippen LogP contribution in [0.25, 0.3) is 0 Å². The van der Waals surface area contributed by atoms with Gasteiger partial charge >= 0.3 is 0 Å². The molecule has 0 radical (unpaired) electrons. The van der Waals surface area contributed by atoms with Crippen LogP contribution in [0.1, 0.15) is 15.9 Å². The van der Waals surface area contributed by atoms with Crippen molar-refractivity contribution < 1.29 is 9.21 Å². The normalized spacial score (nSPS) is 10.2. The van der Waals surface area contributed by atoms with Crippen LogP contribution >= 0.6 is 23.2 Å². The molecule has 1 heterocycles. The quantitative estimate of drug-likeness (QED) is 0.927. The van der Waals surface area contributed by atoms with Crippen LogP contribution in [0.2, 0.25) is 10.0 Å². The van der Waals surface area contributed by atoms with E-state index in [1.54, 1.807) is 30.7 Å². The maximum atomic E-state index is 11.8. The van der Waals surface area contributed by atoms with Gasteiger partial charge < -0.3 is 9.73 Å². The smallest absolute Gasteiger partial charge is 0.251 e. The minimum atomic E-state index is -0.204. The van der Waals surface area contributed by atoms with Gasteiger partial charge in [-0.15, -0.1) is 0 Å². The Morgan fingerprint density at radius 1 is 1.24 bits per heavy atom. The number of rotatable bonds is 3. The first-order chi connectivity index (χ1) is 8.16. The van der Waals surface area contributed by atoms with E-state index in [1.807, 2.05) is 0 Å². The van der Waals surface area contributed by atoms with E-state index in [-0.39, 0.29) is 5.91 Å². The third-order valence-corrected chi connectivity index (χ3v) is 2.95. The molecule has 1 aromatic heterocycles. The minimum Gasteiger partial charge on any atom is -0.472 e. The Morgan fingerprint density at radius 3 is 2.71 bits per heavy atom. The lowest BCUT2D eigenvalue weighted by Crippen LogP contribution is -2.22. The SMILES string of the molecule is O=C(NCc1ccoc1)c1ccc(Cl)c(Cl)c1. The van der Waals surface area contributed by atoms with Gasteiger partial charge in [0, 0.05) is 17.7 Å². The van der Waals surface area contributed by atoms with Crippen LogP contribution in [-0.2, 0) is 6.54 Å². The van der Waals surface area contributed by atoms with Crippen molar-refractivity contribution in [3.05, 3.63) is 58.0 Å². The lowest BCUT2D eigenvalue weighted by Gasteiger charge is -2.04. The van der Waals surface area contributed by atoms with Gasteiger partial charge in [-0.3, -0.25) is 4.79 Å². The minimum absolute atomic E-state index is 0.204. The highest BCUT2D eigenvalue weighted by Crippen LogP contribution is 2.22. The molecule has 0 saturated heterocycles. The number of furan rings is 1. The van der Waals surface area contributed by atoms with Crippen LogP contribution in [0.4, 0.5) is 0 Å². The van der Waals surface area contributed by atoms with E-state index in [1.165, 1.54) is 6.07 Å². The topological polar surface area (TPSA) is 42.2 Å². The van der Waals surface area contributed by atoms with Gasteiger partial charge in [0.05, 0.1) is 22.6 Å². The van der Waals surface area contributed by atoms with Gasteiger partial charge in [0.2, 0.25) is 0 Å². The van der Waals surface area contributed by atoms with Crippen molar-refractivity contribution in [3.8, 4) is 0 Å². The zero-order valence-corrected chi connectivity index (χ0v) is 10.3. The van der Waals surface area contributed by atoms with E-state index < -0.39 is 0 Å². The number of amides is 1. The highest BCUT2D eigenvalue weighted by atomic mass is 35.5. The highest BCUT2D eigenvalue weighted by molar-refractivity contribution is 6.42. The molecule has 0 saturated carbocycles. The van der Waals surface area contributed by atoms with Gasteiger partial charge in [0.25, 0.3) is 5.91 Å². The number of benzene rings is 1. The summed E-state index contributed by atoms with van der Waals surface area (Å²) in [7, 11) is 0. The van der Waals surface area contributed by atoms with Crippen molar-refractivity contribution in [1.82, 2.24) is 5.32 Å². The molecule has 0 aliphatic heterocycles. The molecule has 0 atom stereocenters. The van der Waals surface area contributed by atoms with Crippen LogP contribution in [-0.4, -0.2) is 5.91 Å². The Hall–Kier alpha value is -1.45. The largest absolute Gasteiger partial charge is 0.472 e. The fourth-order valence-corrected chi connectivity index (χ4v) is 1.61. The summed E-state index contributed by atoms with van der Waals surface area (Å²) in [6.07, 6.45) is 3.13. The zero-order valence-electron chi connectivity index (χ0n) is 8.74. The summed E-state index contributed by atoms with van der Waals surface area (Å²) in [5.41, 5.74) is 1.38. The molecule has 17 heavy (non-hydrogen) atoms. The van der Waals surface area contributed by atoms with E-state index in [2.05, 4.69) is 5.32 Å². The van der Waals surface area contributed by atoms with E-state index >= 15 is 0 Å². The molecule has 2 aromatic rings. The van der Waals surface area contributed by atoms with Crippen molar-refractivity contribution in [2.24, 2.45) is 0 Å². The number of halogens is 2. The molecular formula is C12H9Cl2NO2. The number of carbonyl (C=O) groups excluding carboxylic acids is 1.